The standard InChI is InChI=1S/C70H130O6/c1-4-7-10-13-16-19-21-23-25-26-27-28-29-30-31-32-33-34-35-36-37-38-39-40-41-42-43-44-46-47-49-51-54-57-60-63-69(72)75-66-67(65-74-68(71)62-59-56-53-18-15-12-9-6-3)76-70(73)64-61-58-55-52-50-48-45-24-22-20-17-14-11-8-5-2/h17,20,24,26-27,45,67H,4-16,18-19,21-23,25,28-44,46-66H2,1-3H3/b20-17-,27-26-,45-24-. The number of ether oxygens (including phenoxy) is 3. The molecule has 1 atom stereocenters. The summed E-state index contributed by atoms with van der Waals surface area (Å²) < 4.78 is 16.8. The Morgan fingerprint density at radius 2 is 0.474 bits per heavy atom. The molecule has 0 aliphatic heterocycles. The average Bonchev–Trinajstić information content (AvgIpc) is 3.42. The highest BCUT2D eigenvalue weighted by atomic mass is 16.6. The number of esters is 3. The normalized spacial score (nSPS) is 12.2. The molecule has 0 fully saturated rings. The zero-order valence-corrected chi connectivity index (χ0v) is 51.3. The fraction of sp³-hybridized carbons (Fsp3) is 0.871. The van der Waals surface area contributed by atoms with Crippen LogP contribution in [0.3, 0.4) is 0 Å². The molecule has 1 unspecified atom stereocenters. The van der Waals surface area contributed by atoms with Crippen LogP contribution in [-0.2, 0) is 28.6 Å². The van der Waals surface area contributed by atoms with Crippen LogP contribution in [0.4, 0.5) is 0 Å². The summed E-state index contributed by atoms with van der Waals surface area (Å²) in [6, 6.07) is 0. The molecule has 0 aromatic rings. The maximum absolute atomic E-state index is 12.8. The van der Waals surface area contributed by atoms with Crippen molar-refractivity contribution in [3.8, 4) is 0 Å². The molecular formula is C70H130O6. The predicted molar refractivity (Wildman–Crippen MR) is 330 cm³/mol. The SMILES string of the molecule is CCCCC/C=C\C/C=C\CCCCCCCC(=O)OC(COC(=O)CCCCCCCCCC)COC(=O)CCCCCCCCCCCCCCCCCCCCCCCCC/C=C\CCCCCCCCCC. The van der Waals surface area contributed by atoms with Crippen LogP contribution < -0.4 is 0 Å². The molecule has 0 spiro atoms. The molecule has 0 heterocycles. The van der Waals surface area contributed by atoms with E-state index in [-0.39, 0.29) is 31.1 Å². The van der Waals surface area contributed by atoms with Gasteiger partial charge in [0.25, 0.3) is 0 Å². The third kappa shape index (κ3) is 62.5. The maximum atomic E-state index is 12.8. The summed E-state index contributed by atoms with van der Waals surface area (Å²) in [5, 5.41) is 0. The highest BCUT2D eigenvalue weighted by molar-refractivity contribution is 5.71. The minimum absolute atomic E-state index is 0.0731. The molecule has 0 N–H and O–H groups in total. The Bertz CT molecular complexity index is 1270. The fourth-order valence-electron chi connectivity index (χ4n) is 10.2. The van der Waals surface area contributed by atoms with E-state index in [0.717, 1.165) is 83.5 Å². The molecule has 0 rings (SSSR count). The van der Waals surface area contributed by atoms with Crippen molar-refractivity contribution in [3.63, 3.8) is 0 Å². The maximum Gasteiger partial charge on any atom is 0.306 e. The van der Waals surface area contributed by atoms with Gasteiger partial charge >= 0.3 is 17.9 Å². The van der Waals surface area contributed by atoms with Crippen molar-refractivity contribution in [2.75, 3.05) is 13.2 Å². The number of carbonyl (C=O) groups excluding carboxylic acids is 3. The van der Waals surface area contributed by atoms with Crippen LogP contribution in [0.5, 0.6) is 0 Å². The van der Waals surface area contributed by atoms with Crippen molar-refractivity contribution >= 4 is 17.9 Å². The van der Waals surface area contributed by atoms with Crippen molar-refractivity contribution in [2.24, 2.45) is 0 Å². The molecule has 76 heavy (non-hydrogen) atoms. The van der Waals surface area contributed by atoms with Gasteiger partial charge in [-0.15, -0.1) is 0 Å². The lowest BCUT2D eigenvalue weighted by Crippen LogP contribution is -2.30. The highest BCUT2D eigenvalue weighted by Gasteiger charge is 2.19. The van der Waals surface area contributed by atoms with Crippen molar-refractivity contribution in [1.82, 2.24) is 0 Å². The van der Waals surface area contributed by atoms with Crippen LogP contribution in [-0.4, -0.2) is 37.2 Å². The van der Waals surface area contributed by atoms with Crippen LogP contribution in [0.1, 0.15) is 374 Å². The second-order valence-electron chi connectivity index (χ2n) is 23.1. The Balaban J connectivity index is 3.94. The quantitative estimate of drug-likeness (QED) is 0.0261. The topological polar surface area (TPSA) is 78.9 Å². The molecular weight excluding hydrogens is 937 g/mol. The Morgan fingerprint density at radius 1 is 0.263 bits per heavy atom. The number of unbranched alkanes of at least 4 members (excludes halogenated alkanes) is 46. The summed E-state index contributed by atoms with van der Waals surface area (Å²) in [5.41, 5.74) is 0. The predicted octanol–water partition coefficient (Wildman–Crippen LogP) is 23.2. The minimum Gasteiger partial charge on any atom is -0.462 e. The molecule has 0 saturated heterocycles. The Kier molecular flexibility index (Phi) is 63.1. The van der Waals surface area contributed by atoms with E-state index in [9.17, 15) is 14.4 Å². The number of carbonyl (C=O) groups is 3. The Morgan fingerprint density at radius 3 is 0.763 bits per heavy atom. The van der Waals surface area contributed by atoms with Crippen molar-refractivity contribution in [2.45, 2.75) is 380 Å². The first-order valence-corrected chi connectivity index (χ1v) is 34.0. The molecule has 0 aromatic heterocycles. The second-order valence-corrected chi connectivity index (χ2v) is 23.1. The first-order valence-electron chi connectivity index (χ1n) is 34.0. The number of allylic oxidation sites excluding steroid dienone is 6. The van der Waals surface area contributed by atoms with Crippen molar-refractivity contribution in [3.05, 3.63) is 36.5 Å². The largest absolute Gasteiger partial charge is 0.462 e. The lowest BCUT2D eigenvalue weighted by Gasteiger charge is -2.18. The first-order chi connectivity index (χ1) is 37.5. The summed E-state index contributed by atoms with van der Waals surface area (Å²) in [4.78, 5) is 38.1. The van der Waals surface area contributed by atoms with Crippen molar-refractivity contribution < 1.29 is 28.6 Å². The monoisotopic (exact) mass is 1070 g/mol. The van der Waals surface area contributed by atoms with E-state index in [1.165, 1.54) is 250 Å². The van der Waals surface area contributed by atoms with Crippen LogP contribution in [0.2, 0.25) is 0 Å². The average molecular weight is 1070 g/mol. The van der Waals surface area contributed by atoms with Gasteiger partial charge in [0.2, 0.25) is 0 Å². The van der Waals surface area contributed by atoms with Gasteiger partial charge in [-0.3, -0.25) is 14.4 Å². The summed E-state index contributed by atoms with van der Waals surface area (Å²) in [5.74, 6) is -0.871. The molecule has 0 radical (unpaired) electrons. The van der Waals surface area contributed by atoms with Crippen LogP contribution >= 0.6 is 0 Å². The van der Waals surface area contributed by atoms with E-state index in [4.69, 9.17) is 14.2 Å². The Hall–Kier alpha value is -2.37. The Labute approximate surface area is 474 Å². The molecule has 0 aliphatic carbocycles. The van der Waals surface area contributed by atoms with Gasteiger partial charge in [-0.1, -0.05) is 314 Å². The van der Waals surface area contributed by atoms with Crippen molar-refractivity contribution in [1.29, 1.82) is 0 Å². The lowest BCUT2D eigenvalue weighted by molar-refractivity contribution is -0.167. The summed E-state index contributed by atoms with van der Waals surface area (Å²) in [6.07, 6.45) is 80.7. The molecule has 6 heteroatoms. The third-order valence-electron chi connectivity index (χ3n) is 15.4. The molecule has 6 nitrogen and oxygen atoms in total. The zero-order valence-electron chi connectivity index (χ0n) is 51.3. The number of hydrogen-bond donors (Lipinski definition) is 0. The summed E-state index contributed by atoms with van der Waals surface area (Å²) in [7, 11) is 0. The smallest absolute Gasteiger partial charge is 0.306 e. The van der Waals surface area contributed by atoms with E-state index in [1.54, 1.807) is 0 Å². The lowest BCUT2D eigenvalue weighted by atomic mass is 10.0. The number of rotatable bonds is 63. The van der Waals surface area contributed by atoms with E-state index < -0.39 is 6.10 Å². The summed E-state index contributed by atoms with van der Waals surface area (Å²) in [6.45, 7) is 6.62. The highest BCUT2D eigenvalue weighted by Crippen LogP contribution is 2.18. The molecule has 0 saturated carbocycles. The molecule has 0 aromatic carbocycles. The zero-order chi connectivity index (χ0) is 55.0. The van der Waals surface area contributed by atoms with Crippen LogP contribution in [0.25, 0.3) is 0 Å². The first kappa shape index (κ1) is 73.6. The van der Waals surface area contributed by atoms with Crippen LogP contribution in [0, 0.1) is 0 Å². The van der Waals surface area contributed by atoms with Gasteiger partial charge in [0.1, 0.15) is 13.2 Å². The third-order valence-corrected chi connectivity index (χ3v) is 15.4. The van der Waals surface area contributed by atoms with E-state index >= 15 is 0 Å². The van der Waals surface area contributed by atoms with Gasteiger partial charge < -0.3 is 14.2 Å². The van der Waals surface area contributed by atoms with E-state index in [1.807, 2.05) is 0 Å². The number of hydrogen-bond acceptors (Lipinski definition) is 6. The summed E-state index contributed by atoms with van der Waals surface area (Å²) >= 11 is 0. The molecule has 446 valence electrons. The van der Waals surface area contributed by atoms with Gasteiger partial charge in [0, 0.05) is 19.3 Å². The van der Waals surface area contributed by atoms with Gasteiger partial charge in [0.15, 0.2) is 6.10 Å². The van der Waals surface area contributed by atoms with E-state index in [0.29, 0.717) is 19.3 Å². The van der Waals surface area contributed by atoms with Gasteiger partial charge in [0.05, 0.1) is 0 Å². The van der Waals surface area contributed by atoms with Gasteiger partial charge in [-0.05, 0) is 77.0 Å². The van der Waals surface area contributed by atoms with Gasteiger partial charge in [-0.25, -0.2) is 0 Å². The second kappa shape index (κ2) is 65.2. The fourth-order valence-corrected chi connectivity index (χ4v) is 10.2. The molecule has 0 amide bonds. The van der Waals surface area contributed by atoms with Gasteiger partial charge in [-0.2, -0.15) is 0 Å². The minimum atomic E-state index is -0.774. The molecule has 0 aliphatic rings. The molecule has 0 bridgehead atoms. The van der Waals surface area contributed by atoms with E-state index in [2.05, 4.69) is 57.2 Å². The van der Waals surface area contributed by atoms with Crippen LogP contribution in [0.15, 0.2) is 36.5 Å².